The minimum Gasteiger partial charge on any atom is -0.340 e. The number of hydrogen-bond acceptors (Lipinski definition) is 4. The zero-order valence-electron chi connectivity index (χ0n) is 16.4. The van der Waals surface area contributed by atoms with E-state index in [-0.39, 0.29) is 0 Å². The molecule has 0 unspecified atom stereocenters. The van der Waals surface area contributed by atoms with Crippen molar-refractivity contribution in [2.24, 2.45) is 5.41 Å². The summed E-state index contributed by atoms with van der Waals surface area (Å²) in [6, 6.07) is 1.22. The first kappa shape index (κ1) is 19.1. The highest BCUT2D eigenvalue weighted by Gasteiger charge is 2.35. The molecular weight excluding hydrogens is 312 g/mol. The Morgan fingerprint density at radius 3 is 2.32 bits per heavy atom. The second-order valence-corrected chi connectivity index (χ2v) is 8.74. The fraction of sp³-hybridized carbons (Fsp3) is 0.950. The molecule has 0 aromatic carbocycles. The van der Waals surface area contributed by atoms with Crippen molar-refractivity contribution in [1.82, 2.24) is 20.4 Å². The van der Waals surface area contributed by atoms with Gasteiger partial charge in [0.05, 0.1) is 0 Å². The molecule has 1 spiro atoms. The largest absolute Gasteiger partial charge is 0.340 e. The highest BCUT2D eigenvalue weighted by atomic mass is 16.2. The maximum atomic E-state index is 12.4. The summed E-state index contributed by atoms with van der Waals surface area (Å²) < 4.78 is 0. The van der Waals surface area contributed by atoms with Gasteiger partial charge in [0.25, 0.3) is 0 Å². The van der Waals surface area contributed by atoms with Gasteiger partial charge in [0.15, 0.2) is 0 Å². The van der Waals surface area contributed by atoms with Crippen LogP contribution in [0.5, 0.6) is 0 Å². The molecule has 3 aliphatic rings. The van der Waals surface area contributed by atoms with Crippen LogP contribution >= 0.6 is 0 Å². The van der Waals surface area contributed by atoms with Gasteiger partial charge in [0.2, 0.25) is 5.91 Å². The van der Waals surface area contributed by atoms with Crippen molar-refractivity contribution in [3.8, 4) is 0 Å². The Morgan fingerprint density at radius 1 is 1.08 bits per heavy atom. The number of carbonyl (C=O) groups excluding carboxylic acids is 1. The number of rotatable bonds is 5. The molecule has 5 nitrogen and oxygen atoms in total. The number of nitrogens with one attached hydrogen (secondary N) is 2. The number of nitrogens with zero attached hydrogens (tertiary/aromatic N) is 2. The van der Waals surface area contributed by atoms with Gasteiger partial charge in [-0.1, -0.05) is 0 Å². The normalized spacial score (nSPS) is 25.6. The molecule has 0 aromatic rings. The topological polar surface area (TPSA) is 47.6 Å². The maximum Gasteiger partial charge on any atom is 0.223 e. The molecule has 2 aliphatic heterocycles. The van der Waals surface area contributed by atoms with Crippen molar-refractivity contribution in [2.45, 2.75) is 70.9 Å². The predicted octanol–water partition coefficient (Wildman–Crippen LogP) is 1.83. The van der Waals surface area contributed by atoms with E-state index < -0.39 is 0 Å². The second kappa shape index (κ2) is 8.83. The van der Waals surface area contributed by atoms with Crippen LogP contribution in [0.2, 0.25) is 0 Å². The molecular formula is C20H38N4O. The zero-order valence-corrected chi connectivity index (χ0v) is 16.4. The van der Waals surface area contributed by atoms with E-state index in [2.05, 4.69) is 34.3 Å². The molecule has 1 aliphatic carbocycles. The summed E-state index contributed by atoms with van der Waals surface area (Å²) in [6.07, 6.45) is 8.71. The first-order valence-electron chi connectivity index (χ1n) is 10.5. The SMILES string of the molecule is CC(C)N1CCN(C(=O)CCNC2CCC3(CCNCC3)CC2)CC1. The lowest BCUT2D eigenvalue weighted by atomic mass is 9.67. The monoisotopic (exact) mass is 350 g/mol. The molecule has 0 bridgehead atoms. The van der Waals surface area contributed by atoms with Gasteiger partial charge in [-0.25, -0.2) is 0 Å². The molecule has 3 rings (SSSR count). The molecule has 1 amide bonds. The van der Waals surface area contributed by atoms with Crippen molar-refractivity contribution in [1.29, 1.82) is 0 Å². The van der Waals surface area contributed by atoms with Crippen molar-refractivity contribution < 1.29 is 4.79 Å². The summed E-state index contributed by atoms with van der Waals surface area (Å²) in [7, 11) is 0. The van der Waals surface area contributed by atoms with Gasteiger partial charge in [-0.05, 0) is 70.9 Å². The Kier molecular flexibility index (Phi) is 6.75. The van der Waals surface area contributed by atoms with Gasteiger partial charge in [0, 0.05) is 51.2 Å². The van der Waals surface area contributed by atoms with Gasteiger partial charge in [-0.2, -0.15) is 0 Å². The number of hydrogen-bond donors (Lipinski definition) is 2. The van der Waals surface area contributed by atoms with E-state index in [0.717, 1.165) is 32.7 Å². The van der Waals surface area contributed by atoms with Crippen molar-refractivity contribution >= 4 is 5.91 Å². The lowest BCUT2D eigenvalue weighted by Crippen LogP contribution is -2.51. The molecule has 0 aromatic heterocycles. The summed E-state index contributed by atoms with van der Waals surface area (Å²) in [6.45, 7) is 11.6. The quantitative estimate of drug-likeness (QED) is 0.794. The van der Waals surface area contributed by atoms with E-state index in [4.69, 9.17) is 0 Å². The fourth-order valence-corrected chi connectivity index (χ4v) is 4.92. The number of piperazine rings is 1. The van der Waals surface area contributed by atoms with Gasteiger partial charge in [0.1, 0.15) is 0 Å². The molecule has 0 atom stereocenters. The van der Waals surface area contributed by atoms with Crippen LogP contribution in [-0.4, -0.2) is 73.6 Å². The van der Waals surface area contributed by atoms with E-state index in [1.54, 1.807) is 0 Å². The molecule has 3 fully saturated rings. The Labute approximate surface area is 153 Å². The molecule has 2 heterocycles. The Hall–Kier alpha value is -0.650. The molecule has 25 heavy (non-hydrogen) atoms. The van der Waals surface area contributed by atoms with Crippen LogP contribution in [0.15, 0.2) is 0 Å². The molecule has 2 saturated heterocycles. The first-order chi connectivity index (χ1) is 12.1. The minimum absolute atomic E-state index is 0.335. The fourth-order valence-electron chi connectivity index (χ4n) is 4.92. The van der Waals surface area contributed by atoms with Crippen molar-refractivity contribution in [3.05, 3.63) is 0 Å². The van der Waals surface area contributed by atoms with Crippen LogP contribution in [0.25, 0.3) is 0 Å². The highest BCUT2D eigenvalue weighted by Crippen LogP contribution is 2.43. The van der Waals surface area contributed by atoms with Gasteiger partial charge in [-0.3, -0.25) is 9.69 Å². The van der Waals surface area contributed by atoms with Gasteiger partial charge in [-0.15, -0.1) is 0 Å². The van der Waals surface area contributed by atoms with Crippen LogP contribution in [0.4, 0.5) is 0 Å². The maximum absolute atomic E-state index is 12.4. The van der Waals surface area contributed by atoms with Crippen LogP contribution in [0, 0.1) is 5.41 Å². The van der Waals surface area contributed by atoms with Crippen LogP contribution in [0.1, 0.15) is 58.8 Å². The summed E-state index contributed by atoms with van der Waals surface area (Å²) >= 11 is 0. The average molecular weight is 351 g/mol. The number of carbonyl (C=O) groups is 1. The van der Waals surface area contributed by atoms with Gasteiger partial charge >= 0.3 is 0 Å². The third-order valence-electron chi connectivity index (χ3n) is 6.88. The Bertz CT molecular complexity index is 415. The minimum atomic E-state index is 0.335. The average Bonchev–Trinajstić information content (AvgIpc) is 2.64. The lowest BCUT2D eigenvalue weighted by Gasteiger charge is -2.43. The predicted molar refractivity (Wildman–Crippen MR) is 103 cm³/mol. The summed E-state index contributed by atoms with van der Waals surface area (Å²) in [5.41, 5.74) is 0.634. The Balaban J connectivity index is 1.30. The highest BCUT2D eigenvalue weighted by molar-refractivity contribution is 5.76. The van der Waals surface area contributed by atoms with Crippen molar-refractivity contribution in [2.75, 3.05) is 45.8 Å². The van der Waals surface area contributed by atoms with E-state index in [9.17, 15) is 4.79 Å². The molecule has 1 saturated carbocycles. The van der Waals surface area contributed by atoms with Crippen LogP contribution < -0.4 is 10.6 Å². The smallest absolute Gasteiger partial charge is 0.223 e. The van der Waals surface area contributed by atoms with E-state index in [1.165, 1.54) is 51.6 Å². The summed E-state index contributed by atoms with van der Waals surface area (Å²) in [4.78, 5) is 16.9. The Morgan fingerprint density at radius 2 is 1.72 bits per heavy atom. The van der Waals surface area contributed by atoms with Crippen molar-refractivity contribution in [3.63, 3.8) is 0 Å². The molecule has 2 N–H and O–H groups in total. The molecule has 0 radical (unpaired) electrons. The van der Waals surface area contributed by atoms with E-state index >= 15 is 0 Å². The zero-order chi connectivity index (χ0) is 17.7. The van der Waals surface area contributed by atoms with E-state index in [0.29, 0.717) is 29.8 Å². The van der Waals surface area contributed by atoms with Gasteiger partial charge < -0.3 is 15.5 Å². The second-order valence-electron chi connectivity index (χ2n) is 8.74. The van der Waals surface area contributed by atoms with E-state index in [1.807, 2.05) is 0 Å². The van der Waals surface area contributed by atoms with Crippen LogP contribution in [-0.2, 0) is 4.79 Å². The molecule has 144 valence electrons. The summed E-state index contributed by atoms with van der Waals surface area (Å²) in [5, 5.41) is 7.16. The first-order valence-corrected chi connectivity index (χ1v) is 10.5. The molecule has 5 heteroatoms. The third-order valence-corrected chi connectivity index (χ3v) is 6.88. The third kappa shape index (κ3) is 5.18. The number of piperidine rings is 1. The number of amides is 1. The lowest BCUT2D eigenvalue weighted by molar-refractivity contribution is -0.133. The standard InChI is InChI=1S/C20H38N4O/c1-17(2)23-13-15-24(16-14-23)19(25)5-10-22-18-3-6-20(7-4-18)8-11-21-12-9-20/h17-18,21-22H,3-16H2,1-2H3. The summed E-state index contributed by atoms with van der Waals surface area (Å²) in [5.74, 6) is 0.335. The van der Waals surface area contributed by atoms with Crippen LogP contribution in [0.3, 0.4) is 0 Å².